The molecule has 0 N–H and O–H groups in total. The van der Waals surface area contributed by atoms with E-state index in [0.29, 0.717) is 16.9 Å². The molecule has 1 heterocycles. The maximum absolute atomic E-state index is 12.3. The van der Waals surface area contributed by atoms with Gasteiger partial charge in [0, 0.05) is 12.8 Å². The van der Waals surface area contributed by atoms with E-state index in [0.717, 1.165) is 19.3 Å². The number of nitrogens with zero attached hydrogens (tertiary/aromatic N) is 1. The van der Waals surface area contributed by atoms with Gasteiger partial charge in [0.1, 0.15) is 0 Å². The summed E-state index contributed by atoms with van der Waals surface area (Å²) in [6.07, 6.45) is 3.17. The minimum Gasteiger partial charge on any atom is -0.330 e. The van der Waals surface area contributed by atoms with E-state index >= 15 is 0 Å². The molecule has 112 valence electrons. The molecule has 0 spiro atoms. The van der Waals surface area contributed by atoms with Crippen LogP contribution in [0.3, 0.4) is 0 Å². The molecule has 2 rings (SSSR count). The van der Waals surface area contributed by atoms with Gasteiger partial charge < -0.3 is 4.84 Å². The lowest BCUT2D eigenvalue weighted by atomic mass is 9.70. The van der Waals surface area contributed by atoms with Crippen LogP contribution in [0.1, 0.15) is 52.9 Å². The van der Waals surface area contributed by atoms with Crippen LogP contribution in [0.4, 0.5) is 0 Å². The SMILES string of the molecule is CC(C)[C@@H]1CC[C@@H](C)C[C@H]1C(=O)ON1C(=O)CCC1=O. The highest BCUT2D eigenvalue weighted by Crippen LogP contribution is 2.38. The fraction of sp³-hybridized carbons (Fsp3) is 0.800. The van der Waals surface area contributed by atoms with Gasteiger partial charge in [0.15, 0.2) is 0 Å². The Morgan fingerprint density at radius 1 is 1.20 bits per heavy atom. The highest BCUT2D eigenvalue weighted by molar-refractivity contribution is 6.01. The molecule has 2 aliphatic rings. The average molecular weight is 281 g/mol. The van der Waals surface area contributed by atoms with Crippen molar-refractivity contribution in [2.24, 2.45) is 23.7 Å². The summed E-state index contributed by atoms with van der Waals surface area (Å²) in [4.78, 5) is 40.5. The van der Waals surface area contributed by atoms with E-state index in [2.05, 4.69) is 20.8 Å². The Morgan fingerprint density at radius 2 is 1.80 bits per heavy atom. The maximum Gasteiger partial charge on any atom is 0.336 e. The molecule has 20 heavy (non-hydrogen) atoms. The molecule has 2 fully saturated rings. The quantitative estimate of drug-likeness (QED) is 0.745. The molecule has 0 aromatic rings. The average Bonchev–Trinajstić information content (AvgIpc) is 2.70. The van der Waals surface area contributed by atoms with E-state index < -0.39 is 17.8 Å². The summed E-state index contributed by atoms with van der Waals surface area (Å²) in [7, 11) is 0. The monoisotopic (exact) mass is 281 g/mol. The second-order valence-corrected chi connectivity index (χ2v) is 6.42. The van der Waals surface area contributed by atoms with Crippen LogP contribution < -0.4 is 0 Å². The van der Waals surface area contributed by atoms with Crippen molar-refractivity contribution < 1.29 is 19.2 Å². The first kappa shape index (κ1) is 15.0. The Kier molecular flexibility index (Phi) is 4.45. The summed E-state index contributed by atoms with van der Waals surface area (Å²) in [5.41, 5.74) is 0. The summed E-state index contributed by atoms with van der Waals surface area (Å²) >= 11 is 0. The molecule has 5 nitrogen and oxygen atoms in total. The van der Waals surface area contributed by atoms with E-state index in [1.54, 1.807) is 0 Å². The number of imide groups is 1. The van der Waals surface area contributed by atoms with Gasteiger partial charge in [0.05, 0.1) is 5.92 Å². The van der Waals surface area contributed by atoms with Gasteiger partial charge in [0.2, 0.25) is 0 Å². The van der Waals surface area contributed by atoms with Gasteiger partial charge in [0.25, 0.3) is 11.8 Å². The normalized spacial score (nSPS) is 31.0. The van der Waals surface area contributed by atoms with Crippen LogP contribution in [0.5, 0.6) is 0 Å². The van der Waals surface area contributed by atoms with E-state index in [4.69, 9.17) is 4.84 Å². The third kappa shape index (κ3) is 3.02. The first-order valence-corrected chi connectivity index (χ1v) is 7.47. The van der Waals surface area contributed by atoms with Crippen LogP contribution in [0.2, 0.25) is 0 Å². The molecule has 0 radical (unpaired) electrons. The Balaban J connectivity index is 2.05. The molecule has 1 aliphatic carbocycles. The first-order valence-electron chi connectivity index (χ1n) is 7.47. The van der Waals surface area contributed by atoms with Gasteiger partial charge in [-0.15, -0.1) is 5.06 Å². The standard InChI is InChI=1S/C15H23NO4/c1-9(2)11-5-4-10(3)8-12(11)15(19)20-16-13(17)6-7-14(16)18/h9-12H,4-8H2,1-3H3/t10-,11+,12-/m1/s1. The molecule has 0 aromatic heterocycles. The summed E-state index contributed by atoms with van der Waals surface area (Å²) in [5.74, 6) is -0.301. The fourth-order valence-electron chi connectivity index (χ4n) is 3.29. The van der Waals surface area contributed by atoms with Gasteiger partial charge in [-0.3, -0.25) is 9.59 Å². The van der Waals surface area contributed by atoms with Gasteiger partial charge in [-0.05, 0) is 30.6 Å². The number of carbonyl (C=O) groups is 3. The third-order valence-corrected chi connectivity index (χ3v) is 4.51. The first-order chi connectivity index (χ1) is 9.40. The minimum absolute atomic E-state index is 0.140. The van der Waals surface area contributed by atoms with Gasteiger partial charge in [-0.25, -0.2) is 4.79 Å². The predicted molar refractivity (Wildman–Crippen MR) is 72.0 cm³/mol. The van der Waals surface area contributed by atoms with Crippen molar-refractivity contribution in [3.8, 4) is 0 Å². The van der Waals surface area contributed by atoms with Crippen molar-refractivity contribution >= 4 is 17.8 Å². The number of amides is 2. The Hall–Kier alpha value is -1.39. The van der Waals surface area contributed by atoms with E-state index in [1.807, 2.05) is 0 Å². The van der Waals surface area contributed by atoms with Crippen molar-refractivity contribution in [1.29, 1.82) is 0 Å². The topological polar surface area (TPSA) is 63.7 Å². The Labute approximate surface area is 119 Å². The van der Waals surface area contributed by atoms with Gasteiger partial charge in [-0.2, -0.15) is 0 Å². The van der Waals surface area contributed by atoms with Crippen molar-refractivity contribution in [3.05, 3.63) is 0 Å². The number of hydrogen-bond donors (Lipinski definition) is 0. The number of carbonyl (C=O) groups excluding carboxylic acids is 3. The second kappa shape index (κ2) is 5.94. The molecule has 2 amide bonds. The largest absolute Gasteiger partial charge is 0.336 e. The summed E-state index contributed by atoms with van der Waals surface area (Å²) < 4.78 is 0. The highest BCUT2D eigenvalue weighted by atomic mass is 16.7. The second-order valence-electron chi connectivity index (χ2n) is 6.42. The Morgan fingerprint density at radius 3 is 2.35 bits per heavy atom. The van der Waals surface area contributed by atoms with Gasteiger partial charge in [-0.1, -0.05) is 27.2 Å². The number of rotatable bonds is 3. The molecule has 1 aliphatic heterocycles. The fourth-order valence-corrected chi connectivity index (χ4v) is 3.29. The van der Waals surface area contributed by atoms with Crippen molar-refractivity contribution in [3.63, 3.8) is 0 Å². The van der Waals surface area contributed by atoms with Crippen molar-refractivity contribution in [2.45, 2.75) is 52.9 Å². The molecule has 1 saturated heterocycles. The van der Waals surface area contributed by atoms with E-state index in [9.17, 15) is 14.4 Å². The van der Waals surface area contributed by atoms with Crippen LogP contribution in [0, 0.1) is 23.7 Å². The zero-order chi connectivity index (χ0) is 14.9. The third-order valence-electron chi connectivity index (χ3n) is 4.51. The highest BCUT2D eigenvalue weighted by Gasteiger charge is 2.40. The van der Waals surface area contributed by atoms with Gasteiger partial charge >= 0.3 is 5.97 Å². The number of hydrogen-bond acceptors (Lipinski definition) is 4. The van der Waals surface area contributed by atoms with Crippen molar-refractivity contribution in [1.82, 2.24) is 5.06 Å². The molecule has 5 heteroatoms. The zero-order valence-electron chi connectivity index (χ0n) is 12.4. The lowest BCUT2D eigenvalue weighted by molar-refractivity contribution is -0.203. The number of hydroxylamine groups is 2. The molecule has 0 unspecified atom stereocenters. The van der Waals surface area contributed by atoms with Crippen LogP contribution in [-0.4, -0.2) is 22.8 Å². The van der Waals surface area contributed by atoms with E-state index in [1.165, 1.54) is 0 Å². The minimum atomic E-state index is -0.418. The van der Waals surface area contributed by atoms with Crippen LogP contribution in [-0.2, 0) is 19.2 Å². The molecular formula is C15H23NO4. The predicted octanol–water partition coefficient (Wildman–Crippen LogP) is 2.30. The summed E-state index contributed by atoms with van der Waals surface area (Å²) in [6.45, 7) is 6.34. The lowest BCUT2D eigenvalue weighted by Gasteiger charge is -2.35. The van der Waals surface area contributed by atoms with Crippen LogP contribution in [0.15, 0.2) is 0 Å². The summed E-state index contributed by atoms with van der Waals surface area (Å²) in [6, 6.07) is 0. The molecule has 1 saturated carbocycles. The molecule has 0 aromatic carbocycles. The van der Waals surface area contributed by atoms with Crippen LogP contribution in [0.25, 0.3) is 0 Å². The smallest absolute Gasteiger partial charge is 0.330 e. The zero-order valence-corrected chi connectivity index (χ0v) is 12.4. The van der Waals surface area contributed by atoms with Crippen LogP contribution >= 0.6 is 0 Å². The molecule has 0 bridgehead atoms. The Bertz CT molecular complexity index is 402. The van der Waals surface area contributed by atoms with Crippen molar-refractivity contribution in [2.75, 3.05) is 0 Å². The molecular weight excluding hydrogens is 258 g/mol. The lowest BCUT2D eigenvalue weighted by Crippen LogP contribution is -2.40. The summed E-state index contributed by atoms with van der Waals surface area (Å²) in [5, 5.41) is 0.666. The molecule has 3 atom stereocenters. The van der Waals surface area contributed by atoms with E-state index in [-0.39, 0.29) is 24.7 Å². The maximum atomic E-state index is 12.3.